The van der Waals surface area contributed by atoms with Crippen LogP contribution < -0.4 is 10.1 Å². The number of hydrogen-bond acceptors (Lipinski definition) is 5. The van der Waals surface area contributed by atoms with Gasteiger partial charge in [-0.15, -0.1) is 11.3 Å². The van der Waals surface area contributed by atoms with Crippen molar-refractivity contribution in [1.82, 2.24) is 15.2 Å². The maximum Gasteiger partial charge on any atom is 0.246 e. The summed E-state index contributed by atoms with van der Waals surface area (Å²) in [6, 6.07) is 11.8. The fraction of sp³-hybridized carbons (Fsp3) is 0.516. The van der Waals surface area contributed by atoms with Crippen molar-refractivity contribution in [3.05, 3.63) is 46.8 Å². The van der Waals surface area contributed by atoms with Crippen LogP contribution in [0.2, 0.25) is 0 Å². The van der Waals surface area contributed by atoms with Gasteiger partial charge in [0.1, 0.15) is 16.8 Å². The third-order valence-corrected chi connectivity index (χ3v) is 9.41. The zero-order chi connectivity index (χ0) is 26.6. The van der Waals surface area contributed by atoms with E-state index in [1.54, 1.807) is 18.4 Å². The molecule has 7 heteroatoms. The van der Waals surface area contributed by atoms with E-state index in [2.05, 4.69) is 28.9 Å². The van der Waals surface area contributed by atoms with Gasteiger partial charge in [-0.1, -0.05) is 57.4 Å². The van der Waals surface area contributed by atoms with Gasteiger partial charge in [-0.3, -0.25) is 9.59 Å². The molecule has 3 atom stereocenters. The summed E-state index contributed by atoms with van der Waals surface area (Å²) in [5.74, 6) is 1.03. The Morgan fingerprint density at radius 1 is 1.08 bits per heavy atom. The van der Waals surface area contributed by atoms with Gasteiger partial charge in [0, 0.05) is 28.8 Å². The largest absolute Gasteiger partial charge is 0.496 e. The number of thiazole rings is 1. The lowest BCUT2D eigenvalue weighted by Gasteiger charge is -2.35. The number of carbonyl (C=O) groups is 2. The van der Waals surface area contributed by atoms with Crippen LogP contribution in [0.5, 0.6) is 5.75 Å². The van der Waals surface area contributed by atoms with E-state index in [0.29, 0.717) is 6.54 Å². The molecule has 2 aromatic carbocycles. The van der Waals surface area contributed by atoms with E-state index in [1.807, 2.05) is 36.9 Å². The number of amides is 2. The molecule has 38 heavy (non-hydrogen) atoms. The van der Waals surface area contributed by atoms with Gasteiger partial charge < -0.3 is 15.0 Å². The van der Waals surface area contributed by atoms with Crippen LogP contribution in [0.25, 0.3) is 22.0 Å². The fourth-order valence-electron chi connectivity index (χ4n) is 6.03. The number of methoxy groups -OCH3 is 1. The van der Waals surface area contributed by atoms with E-state index in [1.165, 1.54) is 6.42 Å². The van der Waals surface area contributed by atoms with Crippen LogP contribution in [0.15, 0.2) is 41.8 Å². The first-order chi connectivity index (χ1) is 18.5. The third-order valence-electron chi connectivity index (χ3n) is 8.47. The predicted molar refractivity (Wildman–Crippen MR) is 153 cm³/mol. The molecule has 0 spiro atoms. The maximum atomic E-state index is 14.1. The molecule has 2 fully saturated rings. The first kappa shape index (κ1) is 26.7. The maximum absolute atomic E-state index is 14.1. The zero-order valence-corrected chi connectivity index (χ0v) is 23.6. The average Bonchev–Trinajstić information content (AvgIpc) is 3.65. The van der Waals surface area contributed by atoms with E-state index in [-0.39, 0.29) is 29.7 Å². The first-order valence-electron chi connectivity index (χ1n) is 14.1. The highest BCUT2D eigenvalue weighted by atomic mass is 32.1. The SMILES string of the molecule is CC[C@@H](C)C(=O)N[C@H](C(=O)N1CCC[C@H]1c1nc(-c2ccc(OC)c3ccccc23)cs1)C1CCCCC1. The summed E-state index contributed by atoms with van der Waals surface area (Å²) >= 11 is 1.63. The quantitative estimate of drug-likeness (QED) is 0.348. The molecule has 0 unspecified atom stereocenters. The Hall–Kier alpha value is -2.93. The van der Waals surface area contributed by atoms with Gasteiger partial charge in [0.2, 0.25) is 11.8 Å². The van der Waals surface area contributed by atoms with E-state index < -0.39 is 6.04 Å². The Balaban J connectivity index is 1.41. The summed E-state index contributed by atoms with van der Waals surface area (Å²) in [5.41, 5.74) is 2.00. The van der Waals surface area contributed by atoms with Gasteiger partial charge in [-0.25, -0.2) is 4.98 Å². The number of ether oxygens (including phenoxy) is 1. The van der Waals surface area contributed by atoms with Gasteiger partial charge >= 0.3 is 0 Å². The molecule has 1 saturated heterocycles. The molecule has 1 aliphatic carbocycles. The highest BCUT2D eigenvalue weighted by Gasteiger charge is 2.40. The smallest absolute Gasteiger partial charge is 0.246 e. The first-order valence-corrected chi connectivity index (χ1v) is 15.0. The minimum absolute atomic E-state index is 0.00455. The molecule has 2 aliphatic rings. The number of fused-ring (bicyclic) bond motifs is 1. The Morgan fingerprint density at radius 2 is 1.84 bits per heavy atom. The lowest BCUT2D eigenvalue weighted by atomic mass is 9.83. The van der Waals surface area contributed by atoms with Crippen molar-refractivity contribution in [2.24, 2.45) is 11.8 Å². The van der Waals surface area contributed by atoms with Gasteiger partial charge in [0.15, 0.2) is 0 Å². The summed E-state index contributed by atoms with van der Waals surface area (Å²) in [4.78, 5) is 34.1. The molecule has 0 bridgehead atoms. The van der Waals surface area contributed by atoms with Crippen LogP contribution in [0, 0.1) is 11.8 Å². The molecule has 5 rings (SSSR count). The third kappa shape index (κ3) is 5.31. The Bertz CT molecular complexity index is 1280. The van der Waals surface area contributed by atoms with Gasteiger partial charge in [-0.05, 0) is 55.5 Å². The van der Waals surface area contributed by atoms with Crippen molar-refractivity contribution in [1.29, 1.82) is 0 Å². The van der Waals surface area contributed by atoms with Crippen molar-refractivity contribution in [3.63, 3.8) is 0 Å². The van der Waals surface area contributed by atoms with Gasteiger partial charge in [-0.2, -0.15) is 0 Å². The Labute approximate surface area is 229 Å². The number of benzene rings is 2. The summed E-state index contributed by atoms with van der Waals surface area (Å²) in [6.07, 6.45) is 8.09. The Morgan fingerprint density at radius 3 is 2.58 bits per heavy atom. The molecule has 6 nitrogen and oxygen atoms in total. The van der Waals surface area contributed by atoms with Gasteiger partial charge in [0.05, 0.1) is 18.8 Å². The molecule has 1 aromatic heterocycles. The van der Waals surface area contributed by atoms with Gasteiger partial charge in [0.25, 0.3) is 0 Å². The number of nitrogens with one attached hydrogen (secondary N) is 1. The van der Waals surface area contributed by atoms with E-state index in [9.17, 15) is 9.59 Å². The number of aromatic nitrogens is 1. The minimum atomic E-state index is -0.442. The molecule has 2 amide bonds. The molecule has 1 aliphatic heterocycles. The van der Waals surface area contributed by atoms with Crippen LogP contribution in [0.3, 0.4) is 0 Å². The number of hydrogen-bond donors (Lipinski definition) is 1. The summed E-state index contributed by atoms with van der Waals surface area (Å²) in [7, 11) is 1.69. The molecule has 1 saturated carbocycles. The van der Waals surface area contributed by atoms with Crippen LogP contribution in [0.1, 0.15) is 76.3 Å². The number of rotatable bonds is 8. The molecule has 1 N–H and O–H groups in total. The number of likely N-dealkylation sites (tertiary alicyclic amines) is 1. The van der Waals surface area contributed by atoms with Crippen LogP contribution in [0.4, 0.5) is 0 Å². The van der Waals surface area contributed by atoms with Crippen molar-refractivity contribution >= 4 is 33.9 Å². The molecule has 2 heterocycles. The van der Waals surface area contributed by atoms with Crippen molar-refractivity contribution < 1.29 is 14.3 Å². The lowest BCUT2D eigenvalue weighted by Crippen LogP contribution is -2.53. The van der Waals surface area contributed by atoms with Crippen LogP contribution in [-0.4, -0.2) is 41.4 Å². The normalized spacial score (nSPS) is 19.9. The van der Waals surface area contributed by atoms with Crippen LogP contribution >= 0.6 is 11.3 Å². The minimum Gasteiger partial charge on any atom is -0.496 e. The number of nitrogens with zero attached hydrogens (tertiary/aromatic N) is 2. The molecule has 0 radical (unpaired) electrons. The second-order valence-corrected chi connectivity index (χ2v) is 11.7. The molecule has 3 aromatic rings. The van der Waals surface area contributed by atoms with E-state index >= 15 is 0 Å². The van der Waals surface area contributed by atoms with Crippen LogP contribution in [-0.2, 0) is 9.59 Å². The molecular formula is C31H39N3O3S. The summed E-state index contributed by atoms with van der Waals surface area (Å²) in [6.45, 7) is 4.67. The van der Waals surface area contributed by atoms with E-state index in [0.717, 1.165) is 77.7 Å². The predicted octanol–water partition coefficient (Wildman–Crippen LogP) is 6.75. The summed E-state index contributed by atoms with van der Waals surface area (Å²) < 4.78 is 5.57. The second-order valence-electron chi connectivity index (χ2n) is 10.8. The average molecular weight is 534 g/mol. The van der Waals surface area contributed by atoms with Crippen molar-refractivity contribution in [2.45, 2.75) is 77.3 Å². The monoisotopic (exact) mass is 533 g/mol. The lowest BCUT2D eigenvalue weighted by molar-refractivity contribution is -0.140. The highest BCUT2D eigenvalue weighted by molar-refractivity contribution is 7.10. The zero-order valence-electron chi connectivity index (χ0n) is 22.7. The Kier molecular flexibility index (Phi) is 8.32. The number of carbonyl (C=O) groups excluding carboxylic acids is 2. The summed E-state index contributed by atoms with van der Waals surface area (Å²) in [5, 5.41) is 8.43. The standard InChI is InChI=1S/C31H39N3O3S/c1-4-20(2)29(35)33-28(21-11-6-5-7-12-21)31(36)34-18-10-15-26(34)30-32-25(19-38-30)23-16-17-27(37-3)24-14-9-8-13-22(23)24/h8-9,13-14,16-17,19-21,26,28H,4-7,10-12,15,18H2,1-3H3,(H,33,35)/t20-,26+,28+/m1/s1. The fourth-order valence-corrected chi connectivity index (χ4v) is 7.00. The second kappa shape index (κ2) is 11.9. The van der Waals surface area contributed by atoms with E-state index in [4.69, 9.17) is 9.72 Å². The van der Waals surface area contributed by atoms with Crippen molar-refractivity contribution in [2.75, 3.05) is 13.7 Å². The highest BCUT2D eigenvalue weighted by Crippen LogP contribution is 2.40. The topological polar surface area (TPSA) is 71.5 Å². The molecular weight excluding hydrogens is 494 g/mol. The molecule has 202 valence electrons. The van der Waals surface area contributed by atoms with Crippen molar-refractivity contribution in [3.8, 4) is 17.0 Å².